The van der Waals surface area contributed by atoms with Crippen molar-refractivity contribution in [1.82, 2.24) is 9.88 Å². The molecule has 2 aromatic heterocycles. The van der Waals surface area contributed by atoms with Gasteiger partial charge in [0.05, 0.1) is 4.88 Å². The molecule has 3 aromatic rings. The minimum absolute atomic E-state index is 0.00856. The fraction of sp³-hybridized carbons (Fsp3) is 0.263. The van der Waals surface area contributed by atoms with Crippen molar-refractivity contribution in [3.05, 3.63) is 58.8 Å². The van der Waals surface area contributed by atoms with Crippen molar-refractivity contribution in [3.8, 4) is 10.6 Å². The predicted molar refractivity (Wildman–Crippen MR) is 109 cm³/mol. The zero-order valence-corrected chi connectivity index (χ0v) is 18.5. The van der Waals surface area contributed by atoms with E-state index in [0.29, 0.717) is 28.0 Å². The summed E-state index contributed by atoms with van der Waals surface area (Å²) in [7, 11) is -4.32. The molecule has 0 radical (unpaired) electrons. The van der Waals surface area contributed by atoms with Crippen molar-refractivity contribution in [2.45, 2.75) is 34.7 Å². The molecule has 1 saturated carbocycles. The third-order valence-electron chi connectivity index (χ3n) is 5.46. The second-order valence-electron chi connectivity index (χ2n) is 7.53. The molecule has 32 heavy (non-hydrogen) atoms. The number of nitrogens with one attached hydrogen (secondary N) is 1. The number of carboxylic acids is 1. The van der Waals surface area contributed by atoms with E-state index in [4.69, 9.17) is 11.6 Å². The highest BCUT2D eigenvalue weighted by atomic mass is 35.5. The quantitative estimate of drug-likeness (QED) is 0.508. The molecule has 0 unspecified atom stereocenters. The second-order valence-corrected chi connectivity index (χ2v) is 11.0. The number of hydrogen-bond acceptors (Lipinski definition) is 6. The van der Waals surface area contributed by atoms with E-state index >= 15 is 0 Å². The maximum absolute atomic E-state index is 13.0. The van der Waals surface area contributed by atoms with Crippen molar-refractivity contribution in [2.24, 2.45) is 0 Å². The lowest BCUT2D eigenvalue weighted by Crippen LogP contribution is -2.47. The largest absolute Gasteiger partial charge is 0.480 e. The molecule has 1 fully saturated rings. The monoisotopic (exact) mass is 506 g/mol. The molecule has 1 aliphatic rings. The SMILES string of the molecule is C[C@@]1(c2cccc(Cl)c2)C[C@]1(NS(=O)(=O)c1ccc(-c2cc(C(F)(F)F)on2)s1)C(=O)O. The summed E-state index contributed by atoms with van der Waals surface area (Å²) in [6.45, 7) is 1.61. The Labute approximate surface area is 188 Å². The third-order valence-corrected chi connectivity index (χ3v) is 8.79. The number of sulfonamides is 1. The van der Waals surface area contributed by atoms with Crippen LogP contribution in [0.5, 0.6) is 0 Å². The average Bonchev–Trinajstić information content (AvgIpc) is 3.12. The topological polar surface area (TPSA) is 110 Å². The van der Waals surface area contributed by atoms with Crippen LogP contribution in [0, 0.1) is 0 Å². The van der Waals surface area contributed by atoms with Crippen molar-refractivity contribution in [3.63, 3.8) is 0 Å². The molecule has 1 aromatic carbocycles. The Hall–Kier alpha value is -2.41. The Balaban J connectivity index is 1.63. The van der Waals surface area contributed by atoms with Crippen LogP contribution in [0.1, 0.15) is 24.7 Å². The summed E-state index contributed by atoms with van der Waals surface area (Å²) in [4.78, 5) is 12.2. The first-order valence-corrected chi connectivity index (χ1v) is 11.6. The van der Waals surface area contributed by atoms with Gasteiger partial charge in [0.2, 0.25) is 5.76 Å². The van der Waals surface area contributed by atoms with Crippen molar-refractivity contribution in [2.75, 3.05) is 0 Å². The van der Waals surface area contributed by atoms with Crippen LogP contribution in [-0.2, 0) is 26.4 Å². The fourth-order valence-electron chi connectivity index (χ4n) is 3.58. The normalized spacial score (nSPS) is 23.3. The zero-order chi connectivity index (χ0) is 23.5. The summed E-state index contributed by atoms with van der Waals surface area (Å²) in [5.74, 6) is -2.67. The molecule has 0 aliphatic heterocycles. The van der Waals surface area contributed by atoms with Gasteiger partial charge in [-0.3, -0.25) is 4.79 Å². The van der Waals surface area contributed by atoms with Crippen LogP contribution in [0.2, 0.25) is 5.02 Å². The van der Waals surface area contributed by atoms with Crippen LogP contribution in [-0.4, -0.2) is 30.2 Å². The van der Waals surface area contributed by atoms with Crippen LogP contribution < -0.4 is 4.72 Å². The van der Waals surface area contributed by atoms with E-state index in [1.54, 1.807) is 31.2 Å². The van der Waals surface area contributed by atoms with Gasteiger partial charge >= 0.3 is 12.1 Å². The number of hydrogen-bond donors (Lipinski definition) is 2. The summed E-state index contributed by atoms with van der Waals surface area (Å²) in [6.07, 6.45) is -4.74. The number of alkyl halides is 3. The van der Waals surface area contributed by atoms with Crippen LogP contribution in [0.4, 0.5) is 13.2 Å². The summed E-state index contributed by atoms with van der Waals surface area (Å²) in [6, 6.07) is 9.59. The standard InChI is InChI=1S/C19H14ClF3N2O5S2/c1-17(10-3-2-4-11(20)7-10)9-18(17,16(26)27)25-32(28,29)15-6-5-13(31-15)12-8-14(30-24-12)19(21,22)23/h2-8,25H,9H2,1H3,(H,26,27)/t17-,18-/m0/s1. The van der Waals surface area contributed by atoms with E-state index in [1.807, 2.05) is 0 Å². The molecule has 2 atom stereocenters. The Kier molecular flexibility index (Phi) is 5.20. The molecule has 170 valence electrons. The lowest BCUT2D eigenvalue weighted by Gasteiger charge is -2.20. The fourth-order valence-corrected chi connectivity index (χ4v) is 6.48. The van der Waals surface area contributed by atoms with Crippen LogP contribution in [0.3, 0.4) is 0 Å². The lowest BCUT2D eigenvalue weighted by molar-refractivity contribution is -0.155. The van der Waals surface area contributed by atoms with Crippen molar-refractivity contribution >= 4 is 38.9 Å². The first-order valence-electron chi connectivity index (χ1n) is 8.96. The van der Waals surface area contributed by atoms with Gasteiger partial charge in [-0.15, -0.1) is 11.3 Å². The minimum Gasteiger partial charge on any atom is -0.480 e. The summed E-state index contributed by atoms with van der Waals surface area (Å²) >= 11 is 6.64. The summed E-state index contributed by atoms with van der Waals surface area (Å²) in [5.41, 5.74) is -2.49. The molecule has 13 heteroatoms. The molecule has 0 saturated heterocycles. The molecular weight excluding hydrogens is 493 g/mol. The van der Waals surface area contributed by atoms with E-state index in [0.717, 1.165) is 0 Å². The smallest absolute Gasteiger partial charge is 0.452 e. The second kappa shape index (κ2) is 7.30. The van der Waals surface area contributed by atoms with Gasteiger partial charge in [-0.1, -0.05) is 35.8 Å². The zero-order valence-electron chi connectivity index (χ0n) is 16.1. The van der Waals surface area contributed by atoms with Gasteiger partial charge in [0.25, 0.3) is 10.0 Å². The molecule has 2 N–H and O–H groups in total. The minimum atomic E-state index is -4.73. The van der Waals surface area contributed by atoms with Crippen LogP contribution >= 0.6 is 22.9 Å². The van der Waals surface area contributed by atoms with Crippen LogP contribution in [0.25, 0.3) is 10.6 Å². The summed E-state index contributed by atoms with van der Waals surface area (Å²) < 4.78 is 70.4. The molecule has 1 aliphatic carbocycles. The highest BCUT2D eigenvalue weighted by molar-refractivity contribution is 7.91. The number of aromatic nitrogens is 1. The third kappa shape index (κ3) is 3.70. The van der Waals surface area contributed by atoms with Gasteiger partial charge in [0.1, 0.15) is 15.4 Å². The maximum Gasteiger partial charge on any atom is 0.452 e. The Bertz CT molecular complexity index is 1320. The van der Waals surface area contributed by atoms with E-state index in [2.05, 4.69) is 14.4 Å². The summed E-state index contributed by atoms with van der Waals surface area (Å²) in [5, 5.41) is 13.6. The number of carbonyl (C=O) groups is 1. The number of halogens is 4. The molecule has 4 rings (SSSR count). The lowest BCUT2D eigenvalue weighted by atomic mass is 9.93. The van der Waals surface area contributed by atoms with E-state index in [1.165, 1.54) is 12.1 Å². The Morgan fingerprint density at radius 2 is 2.00 bits per heavy atom. The number of carboxylic acid groups (broad SMARTS) is 1. The first-order chi connectivity index (χ1) is 14.8. The van der Waals surface area contributed by atoms with E-state index < -0.39 is 38.9 Å². The maximum atomic E-state index is 13.0. The highest BCUT2D eigenvalue weighted by Gasteiger charge is 2.72. The van der Waals surface area contributed by atoms with Gasteiger partial charge in [0.15, 0.2) is 0 Å². The van der Waals surface area contributed by atoms with E-state index in [-0.39, 0.29) is 21.2 Å². The number of nitrogens with zero attached hydrogens (tertiary/aromatic N) is 1. The molecule has 2 heterocycles. The van der Waals surface area contributed by atoms with Gasteiger partial charge in [-0.05, 0) is 36.2 Å². The molecule has 0 bridgehead atoms. The highest BCUT2D eigenvalue weighted by Crippen LogP contribution is 2.58. The molecule has 0 amide bonds. The predicted octanol–water partition coefficient (Wildman–Crippen LogP) is 4.54. The van der Waals surface area contributed by atoms with Gasteiger partial charge in [-0.25, -0.2) is 8.42 Å². The number of aliphatic carboxylic acids is 1. The van der Waals surface area contributed by atoms with E-state index in [9.17, 15) is 31.5 Å². The molecule has 7 nitrogen and oxygen atoms in total. The average molecular weight is 507 g/mol. The Morgan fingerprint density at radius 1 is 1.28 bits per heavy atom. The first kappa shape index (κ1) is 22.8. The van der Waals surface area contributed by atoms with Crippen LogP contribution in [0.15, 0.2) is 51.2 Å². The molecule has 0 spiro atoms. The van der Waals surface area contributed by atoms with Gasteiger partial charge in [0, 0.05) is 16.5 Å². The molecular formula is C19H14ClF3N2O5S2. The number of rotatable bonds is 6. The Morgan fingerprint density at radius 3 is 2.59 bits per heavy atom. The van der Waals surface area contributed by atoms with Crippen molar-refractivity contribution < 1.29 is 36.0 Å². The number of benzene rings is 1. The van der Waals surface area contributed by atoms with Gasteiger partial charge < -0.3 is 9.63 Å². The van der Waals surface area contributed by atoms with Gasteiger partial charge in [-0.2, -0.15) is 17.9 Å². The van der Waals surface area contributed by atoms with Crippen molar-refractivity contribution in [1.29, 1.82) is 0 Å². The number of thiophene rings is 1.